The molecule has 2 aromatic rings. The zero-order chi connectivity index (χ0) is 13.4. The van der Waals surface area contributed by atoms with Crippen LogP contribution in [0.4, 0.5) is 4.39 Å². The number of fused-ring (bicyclic) bond motifs is 1. The molecule has 0 saturated heterocycles. The minimum atomic E-state index is -0.428. The van der Waals surface area contributed by atoms with E-state index < -0.39 is 5.82 Å². The van der Waals surface area contributed by atoms with Gasteiger partial charge in [-0.1, -0.05) is 17.5 Å². The highest BCUT2D eigenvalue weighted by Crippen LogP contribution is 2.39. The van der Waals surface area contributed by atoms with Gasteiger partial charge in [-0.25, -0.2) is 4.39 Å². The van der Waals surface area contributed by atoms with Crippen LogP contribution in [-0.4, -0.2) is 6.79 Å². The third-order valence-electron chi connectivity index (χ3n) is 2.89. The van der Waals surface area contributed by atoms with Crippen LogP contribution in [0.2, 0.25) is 5.02 Å². The molecule has 0 saturated carbocycles. The summed E-state index contributed by atoms with van der Waals surface area (Å²) >= 11 is 5.75. The van der Waals surface area contributed by atoms with Crippen molar-refractivity contribution in [2.75, 3.05) is 6.79 Å². The van der Waals surface area contributed by atoms with Crippen LogP contribution >= 0.6 is 11.6 Å². The van der Waals surface area contributed by atoms with Gasteiger partial charge in [0.1, 0.15) is 5.82 Å². The zero-order valence-electron chi connectivity index (χ0n) is 9.74. The van der Waals surface area contributed by atoms with Gasteiger partial charge in [0.05, 0.1) is 0 Å². The molecule has 0 unspecified atom stereocenters. The van der Waals surface area contributed by atoms with Gasteiger partial charge in [-0.3, -0.25) is 0 Å². The second kappa shape index (κ2) is 4.49. The highest BCUT2D eigenvalue weighted by atomic mass is 35.5. The minimum Gasteiger partial charge on any atom is -0.454 e. The van der Waals surface area contributed by atoms with Crippen LogP contribution < -0.4 is 9.47 Å². The Kier molecular flexibility index (Phi) is 2.81. The average Bonchev–Trinajstić information content (AvgIpc) is 2.84. The fourth-order valence-electron chi connectivity index (χ4n) is 1.99. The molecule has 0 aromatic heterocycles. The smallest absolute Gasteiger partial charge is 0.231 e. The second-order valence-corrected chi connectivity index (χ2v) is 4.46. The summed E-state index contributed by atoms with van der Waals surface area (Å²) in [6, 6.07) is 7.82. The average molecular weight is 275 g/mol. The Morgan fingerprint density at radius 2 is 1.84 bits per heavy atom. The summed E-state index contributed by atoms with van der Waals surface area (Å²) in [7, 11) is 0. The van der Waals surface area contributed by atoms with E-state index in [1.54, 1.807) is 24.3 Å². The molecular formula is C15H8ClFO2. The number of terminal acetylenes is 1. The Hall–Kier alpha value is -2.18. The lowest BCUT2D eigenvalue weighted by Crippen LogP contribution is -1.92. The zero-order valence-corrected chi connectivity index (χ0v) is 10.5. The van der Waals surface area contributed by atoms with Gasteiger partial charge in [0.15, 0.2) is 11.5 Å². The minimum absolute atomic E-state index is 0.145. The SMILES string of the molecule is C#Cc1cc2c(cc1-c1ccc(Cl)cc1F)OCO2. The Morgan fingerprint density at radius 3 is 2.53 bits per heavy atom. The first-order valence-electron chi connectivity index (χ1n) is 5.54. The molecule has 19 heavy (non-hydrogen) atoms. The lowest BCUT2D eigenvalue weighted by atomic mass is 9.99. The molecule has 0 spiro atoms. The molecule has 2 aromatic carbocycles. The van der Waals surface area contributed by atoms with E-state index in [0.717, 1.165) is 0 Å². The Balaban J connectivity index is 2.22. The standard InChI is InChI=1S/C15H8ClFO2/c1-2-9-5-14-15(19-8-18-14)7-12(9)11-4-3-10(16)6-13(11)17/h1,3-7H,8H2. The van der Waals surface area contributed by atoms with Crippen molar-refractivity contribution in [3.05, 3.63) is 46.7 Å². The first-order chi connectivity index (χ1) is 9.19. The summed E-state index contributed by atoms with van der Waals surface area (Å²) < 4.78 is 24.5. The van der Waals surface area contributed by atoms with Gasteiger partial charge in [0.2, 0.25) is 6.79 Å². The van der Waals surface area contributed by atoms with Gasteiger partial charge < -0.3 is 9.47 Å². The molecule has 2 nitrogen and oxygen atoms in total. The number of rotatable bonds is 1. The van der Waals surface area contributed by atoms with Gasteiger partial charge in [0, 0.05) is 27.8 Å². The molecule has 0 amide bonds. The molecular weight excluding hydrogens is 267 g/mol. The maximum atomic E-state index is 14.0. The van der Waals surface area contributed by atoms with Crippen molar-refractivity contribution in [3.8, 4) is 35.0 Å². The summed E-state index contributed by atoms with van der Waals surface area (Å²) in [6.07, 6.45) is 5.47. The molecule has 1 heterocycles. The van der Waals surface area contributed by atoms with E-state index in [4.69, 9.17) is 27.5 Å². The van der Waals surface area contributed by atoms with Crippen molar-refractivity contribution in [1.29, 1.82) is 0 Å². The van der Waals surface area contributed by atoms with E-state index in [1.165, 1.54) is 6.07 Å². The fraction of sp³-hybridized carbons (Fsp3) is 0.0667. The molecule has 1 aliphatic heterocycles. The molecule has 0 aliphatic carbocycles. The van der Waals surface area contributed by atoms with Crippen molar-refractivity contribution in [2.45, 2.75) is 0 Å². The highest BCUT2D eigenvalue weighted by molar-refractivity contribution is 6.30. The van der Waals surface area contributed by atoms with E-state index in [-0.39, 0.29) is 6.79 Å². The molecule has 4 heteroatoms. The molecule has 0 fully saturated rings. The molecule has 94 valence electrons. The van der Waals surface area contributed by atoms with Crippen LogP contribution in [0.25, 0.3) is 11.1 Å². The van der Waals surface area contributed by atoms with Gasteiger partial charge in [-0.2, -0.15) is 0 Å². The van der Waals surface area contributed by atoms with Gasteiger partial charge in [-0.05, 0) is 24.3 Å². The third kappa shape index (κ3) is 2.00. The predicted molar refractivity (Wildman–Crippen MR) is 70.9 cm³/mol. The number of hydrogen-bond acceptors (Lipinski definition) is 2. The monoisotopic (exact) mass is 274 g/mol. The molecule has 0 radical (unpaired) electrons. The number of halogens is 2. The lowest BCUT2D eigenvalue weighted by molar-refractivity contribution is 0.174. The summed E-state index contributed by atoms with van der Waals surface area (Å²) in [6.45, 7) is 0.145. The van der Waals surface area contributed by atoms with Crippen LogP contribution in [0.1, 0.15) is 5.56 Å². The van der Waals surface area contributed by atoms with Crippen LogP contribution in [0.15, 0.2) is 30.3 Å². The van der Waals surface area contributed by atoms with Crippen LogP contribution in [0.3, 0.4) is 0 Å². The summed E-state index contributed by atoms with van der Waals surface area (Å²) in [5, 5.41) is 0.337. The van der Waals surface area contributed by atoms with Crippen molar-refractivity contribution in [3.63, 3.8) is 0 Å². The Bertz CT molecular complexity index is 704. The molecule has 3 rings (SSSR count). The van der Waals surface area contributed by atoms with E-state index >= 15 is 0 Å². The van der Waals surface area contributed by atoms with Crippen LogP contribution in [0.5, 0.6) is 11.5 Å². The van der Waals surface area contributed by atoms with E-state index in [0.29, 0.717) is 33.2 Å². The largest absolute Gasteiger partial charge is 0.454 e. The van der Waals surface area contributed by atoms with E-state index in [2.05, 4.69) is 5.92 Å². The normalized spacial score (nSPS) is 12.3. The van der Waals surface area contributed by atoms with Crippen molar-refractivity contribution >= 4 is 11.6 Å². The summed E-state index contributed by atoms with van der Waals surface area (Å²) in [5.41, 5.74) is 1.52. The highest BCUT2D eigenvalue weighted by Gasteiger charge is 2.19. The van der Waals surface area contributed by atoms with Crippen LogP contribution in [0, 0.1) is 18.2 Å². The molecule has 0 N–H and O–H groups in total. The van der Waals surface area contributed by atoms with Crippen molar-refractivity contribution < 1.29 is 13.9 Å². The van der Waals surface area contributed by atoms with Crippen molar-refractivity contribution in [2.24, 2.45) is 0 Å². The Morgan fingerprint density at radius 1 is 1.11 bits per heavy atom. The van der Waals surface area contributed by atoms with E-state index in [1.807, 2.05) is 0 Å². The van der Waals surface area contributed by atoms with Crippen LogP contribution in [-0.2, 0) is 0 Å². The maximum absolute atomic E-state index is 14.0. The topological polar surface area (TPSA) is 18.5 Å². The first kappa shape index (κ1) is 11.9. The predicted octanol–water partition coefficient (Wildman–Crippen LogP) is 3.86. The molecule has 1 aliphatic rings. The third-order valence-corrected chi connectivity index (χ3v) is 3.12. The Labute approximate surface area is 114 Å². The lowest BCUT2D eigenvalue weighted by Gasteiger charge is -2.08. The van der Waals surface area contributed by atoms with Gasteiger partial charge >= 0.3 is 0 Å². The number of benzene rings is 2. The summed E-state index contributed by atoms with van der Waals surface area (Å²) in [5.74, 6) is 3.24. The number of hydrogen-bond donors (Lipinski definition) is 0. The van der Waals surface area contributed by atoms with Crippen molar-refractivity contribution in [1.82, 2.24) is 0 Å². The molecule has 0 bridgehead atoms. The maximum Gasteiger partial charge on any atom is 0.231 e. The van der Waals surface area contributed by atoms with Gasteiger partial charge in [-0.15, -0.1) is 6.42 Å². The second-order valence-electron chi connectivity index (χ2n) is 4.02. The number of ether oxygens (including phenoxy) is 2. The van der Waals surface area contributed by atoms with Gasteiger partial charge in [0.25, 0.3) is 0 Å². The molecule has 0 atom stereocenters. The quantitative estimate of drug-likeness (QED) is 0.735. The summed E-state index contributed by atoms with van der Waals surface area (Å²) in [4.78, 5) is 0. The van der Waals surface area contributed by atoms with E-state index in [9.17, 15) is 4.39 Å². The first-order valence-corrected chi connectivity index (χ1v) is 5.92. The fourth-order valence-corrected chi connectivity index (χ4v) is 2.15.